The summed E-state index contributed by atoms with van der Waals surface area (Å²) in [5.41, 5.74) is 0. The maximum Gasteiger partial charge on any atom is 0.317 e. The molecule has 0 bridgehead atoms. The molecule has 0 saturated heterocycles. The molecule has 0 spiro atoms. The molecule has 6 heteroatoms. The minimum atomic E-state index is -0.926. The third-order valence-corrected chi connectivity index (χ3v) is 2.95. The van der Waals surface area contributed by atoms with Crippen molar-refractivity contribution in [3.8, 4) is 0 Å². The van der Waals surface area contributed by atoms with Crippen molar-refractivity contribution < 1.29 is 19.8 Å². The fraction of sp³-hybridized carbons (Fsp3) is 0.846. The first-order chi connectivity index (χ1) is 8.79. The van der Waals surface area contributed by atoms with Crippen LogP contribution in [0.1, 0.15) is 40.5 Å². The summed E-state index contributed by atoms with van der Waals surface area (Å²) in [7, 11) is 0. The molecule has 0 aliphatic carbocycles. The Labute approximate surface area is 114 Å². The molecule has 1 unspecified atom stereocenters. The summed E-state index contributed by atoms with van der Waals surface area (Å²) < 4.78 is 0. The van der Waals surface area contributed by atoms with E-state index in [0.717, 1.165) is 0 Å². The maximum absolute atomic E-state index is 12.1. The first-order valence-corrected chi connectivity index (χ1v) is 6.69. The highest BCUT2D eigenvalue weighted by Crippen LogP contribution is 2.08. The lowest BCUT2D eigenvalue weighted by Crippen LogP contribution is -2.50. The highest BCUT2D eigenvalue weighted by molar-refractivity contribution is 5.76. The SMILES string of the molecule is CC(C)C(CC(=O)O)NC(=O)N(CCCO)C(C)C. The zero-order valence-electron chi connectivity index (χ0n) is 12.2. The molecule has 19 heavy (non-hydrogen) atoms. The van der Waals surface area contributed by atoms with Crippen LogP contribution in [0.4, 0.5) is 4.79 Å². The van der Waals surface area contributed by atoms with Gasteiger partial charge in [0.15, 0.2) is 0 Å². The van der Waals surface area contributed by atoms with E-state index in [0.29, 0.717) is 13.0 Å². The molecule has 6 nitrogen and oxygen atoms in total. The molecule has 1 atom stereocenters. The standard InChI is InChI=1S/C13H26N2O4/c1-9(2)11(8-12(17)18)14-13(19)15(10(3)4)6-5-7-16/h9-11,16H,5-8H2,1-4H3,(H,14,19)(H,17,18). The van der Waals surface area contributed by atoms with Gasteiger partial charge in [0.25, 0.3) is 0 Å². The summed E-state index contributed by atoms with van der Waals surface area (Å²) in [6.45, 7) is 8.01. The monoisotopic (exact) mass is 274 g/mol. The number of carbonyl (C=O) groups is 2. The van der Waals surface area contributed by atoms with E-state index in [2.05, 4.69) is 5.32 Å². The average molecular weight is 274 g/mol. The number of carboxylic acid groups (broad SMARTS) is 1. The molecule has 2 amide bonds. The van der Waals surface area contributed by atoms with Crippen molar-refractivity contribution in [2.45, 2.75) is 52.6 Å². The first-order valence-electron chi connectivity index (χ1n) is 6.69. The van der Waals surface area contributed by atoms with Crippen LogP contribution in [0.3, 0.4) is 0 Å². The average Bonchev–Trinajstić information content (AvgIpc) is 2.27. The van der Waals surface area contributed by atoms with Crippen molar-refractivity contribution in [3.05, 3.63) is 0 Å². The predicted molar refractivity (Wildman–Crippen MR) is 73.0 cm³/mol. The van der Waals surface area contributed by atoms with E-state index in [-0.39, 0.29) is 37.1 Å². The molecule has 0 rings (SSSR count). The second-order valence-corrected chi connectivity index (χ2v) is 5.26. The molecule has 0 aromatic heterocycles. The van der Waals surface area contributed by atoms with Crippen molar-refractivity contribution >= 4 is 12.0 Å². The van der Waals surface area contributed by atoms with E-state index in [1.54, 1.807) is 4.90 Å². The van der Waals surface area contributed by atoms with Crippen molar-refractivity contribution in [1.82, 2.24) is 10.2 Å². The van der Waals surface area contributed by atoms with Crippen LogP contribution in [0, 0.1) is 5.92 Å². The van der Waals surface area contributed by atoms with Gasteiger partial charge in [-0.25, -0.2) is 4.79 Å². The number of nitrogens with one attached hydrogen (secondary N) is 1. The number of amides is 2. The van der Waals surface area contributed by atoms with E-state index in [4.69, 9.17) is 10.2 Å². The molecule has 0 saturated carbocycles. The molecular formula is C13H26N2O4. The number of carboxylic acids is 1. The Morgan fingerprint density at radius 2 is 1.79 bits per heavy atom. The molecule has 0 aliphatic rings. The number of nitrogens with zero attached hydrogens (tertiary/aromatic N) is 1. The highest BCUT2D eigenvalue weighted by Gasteiger charge is 2.23. The topological polar surface area (TPSA) is 89.9 Å². The fourth-order valence-corrected chi connectivity index (χ4v) is 1.72. The molecule has 112 valence electrons. The Morgan fingerprint density at radius 3 is 2.16 bits per heavy atom. The zero-order chi connectivity index (χ0) is 15.0. The van der Waals surface area contributed by atoms with Crippen molar-refractivity contribution in [2.24, 2.45) is 5.92 Å². The third-order valence-electron chi connectivity index (χ3n) is 2.95. The predicted octanol–water partition coefficient (Wildman–Crippen LogP) is 1.29. The minimum absolute atomic E-state index is 0.00388. The molecule has 0 aromatic rings. The van der Waals surface area contributed by atoms with Gasteiger partial charge in [-0.15, -0.1) is 0 Å². The largest absolute Gasteiger partial charge is 0.481 e. The number of hydrogen-bond acceptors (Lipinski definition) is 3. The van der Waals surface area contributed by atoms with Gasteiger partial charge in [-0.3, -0.25) is 4.79 Å². The van der Waals surface area contributed by atoms with Crippen LogP contribution in [0.5, 0.6) is 0 Å². The van der Waals surface area contributed by atoms with Gasteiger partial charge in [-0.2, -0.15) is 0 Å². The molecule has 0 radical (unpaired) electrons. The van der Waals surface area contributed by atoms with Gasteiger partial charge >= 0.3 is 12.0 Å². The van der Waals surface area contributed by atoms with E-state index >= 15 is 0 Å². The van der Waals surface area contributed by atoms with Gasteiger partial charge in [0.2, 0.25) is 0 Å². The number of carbonyl (C=O) groups excluding carboxylic acids is 1. The normalized spacial score (nSPS) is 12.6. The number of hydrogen-bond donors (Lipinski definition) is 3. The van der Waals surface area contributed by atoms with Crippen LogP contribution < -0.4 is 5.32 Å². The van der Waals surface area contributed by atoms with Crippen LogP contribution >= 0.6 is 0 Å². The van der Waals surface area contributed by atoms with E-state index in [1.807, 2.05) is 27.7 Å². The van der Waals surface area contributed by atoms with Crippen LogP contribution in [0.25, 0.3) is 0 Å². The molecular weight excluding hydrogens is 248 g/mol. The van der Waals surface area contributed by atoms with Gasteiger partial charge in [0, 0.05) is 25.2 Å². The van der Waals surface area contributed by atoms with Crippen LogP contribution in [-0.2, 0) is 4.79 Å². The summed E-state index contributed by atoms with van der Waals surface area (Å²) in [6.07, 6.45) is 0.423. The highest BCUT2D eigenvalue weighted by atomic mass is 16.4. The van der Waals surface area contributed by atoms with E-state index in [1.165, 1.54) is 0 Å². The Kier molecular flexibility index (Phi) is 8.14. The molecule has 0 fully saturated rings. The fourth-order valence-electron chi connectivity index (χ4n) is 1.72. The first kappa shape index (κ1) is 17.7. The molecule has 3 N–H and O–H groups in total. The van der Waals surface area contributed by atoms with E-state index in [9.17, 15) is 9.59 Å². The van der Waals surface area contributed by atoms with E-state index < -0.39 is 5.97 Å². The summed E-state index contributed by atoms with van der Waals surface area (Å²) in [5, 5.41) is 20.4. The Bertz CT molecular complexity index is 292. The molecule has 0 aromatic carbocycles. The lowest BCUT2D eigenvalue weighted by molar-refractivity contribution is -0.137. The third kappa shape index (κ3) is 7.00. The van der Waals surface area contributed by atoms with Crippen molar-refractivity contribution in [2.75, 3.05) is 13.2 Å². The Hall–Kier alpha value is -1.30. The second-order valence-electron chi connectivity index (χ2n) is 5.26. The maximum atomic E-state index is 12.1. The van der Waals surface area contributed by atoms with Crippen molar-refractivity contribution in [3.63, 3.8) is 0 Å². The van der Waals surface area contributed by atoms with Gasteiger partial charge in [-0.05, 0) is 26.2 Å². The summed E-state index contributed by atoms with van der Waals surface area (Å²) in [5.74, 6) is -0.877. The van der Waals surface area contributed by atoms with Crippen LogP contribution in [-0.4, -0.2) is 52.3 Å². The smallest absolute Gasteiger partial charge is 0.317 e. The summed E-state index contributed by atoms with van der Waals surface area (Å²) in [4.78, 5) is 24.5. The zero-order valence-corrected chi connectivity index (χ0v) is 12.2. The van der Waals surface area contributed by atoms with Gasteiger partial charge in [0.1, 0.15) is 0 Å². The second kappa shape index (κ2) is 8.74. The molecule has 0 heterocycles. The lowest BCUT2D eigenvalue weighted by Gasteiger charge is -2.30. The van der Waals surface area contributed by atoms with Crippen LogP contribution in [0.2, 0.25) is 0 Å². The Balaban J connectivity index is 4.61. The number of aliphatic hydroxyl groups is 1. The van der Waals surface area contributed by atoms with Gasteiger partial charge in [0.05, 0.1) is 6.42 Å². The van der Waals surface area contributed by atoms with Gasteiger partial charge < -0.3 is 20.4 Å². The van der Waals surface area contributed by atoms with Gasteiger partial charge in [-0.1, -0.05) is 13.8 Å². The number of rotatable bonds is 8. The number of urea groups is 1. The summed E-state index contributed by atoms with van der Waals surface area (Å²) in [6, 6.07) is -0.659. The minimum Gasteiger partial charge on any atom is -0.481 e. The Morgan fingerprint density at radius 1 is 1.21 bits per heavy atom. The van der Waals surface area contributed by atoms with Crippen LogP contribution in [0.15, 0.2) is 0 Å². The quantitative estimate of drug-likeness (QED) is 0.622. The van der Waals surface area contributed by atoms with Crippen molar-refractivity contribution in [1.29, 1.82) is 0 Å². The summed E-state index contributed by atoms with van der Waals surface area (Å²) >= 11 is 0. The lowest BCUT2D eigenvalue weighted by atomic mass is 10.0. The number of aliphatic hydroxyl groups excluding tert-OH is 1. The molecule has 0 aliphatic heterocycles. The number of aliphatic carboxylic acids is 1.